The van der Waals surface area contributed by atoms with Gasteiger partial charge in [0.2, 0.25) is 0 Å². The van der Waals surface area contributed by atoms with Crippen LogP contribution in [0.2, 0.25) is 0 Å². The lowest BCUT2D eigenvalue weighted by molar-refractivity contribution is -0.0552. The van der Waals surface area contributed by atoms with Gasteiger partial charge in [-0.2, -0.15) is 0 Å². The second-order valence-electron chi connectivity index (χ2n) is 6.89. The van der Waals surface area contributed by atoms with E-state index >= 15 is 0 Å². The minimum Gasteiger partial charge on any atom is -0.377 e. The molecule has 21 heavy (non-hydrogen) atoms. The van der Waals surface area contributed by atoms with Gasteiger partial charge in [0.15, 0.2) is 0 Å². The summed E-state index contributed by atoms with van der Waals surface area (Å²) in [7, 11) is 1.95. The number of unbranched alkanes of at least 4 members (excludes halogenated alkanes) is 4. The maximum atomic E-state index is 6.13. The first-order valence-electron chi connectivity index (χ1n) is 9.57. The topological polar surface area (TPSA) is 21.3 Å². The molecule has 0 radical (unpaired) electrons. The summed E-state index contributed by atoms with van der Waals surface area (Å²) in [6, 6.07) is 0.558. The molecule has 0 amide bonds. The van der Waals surface area contributed by atoms with Crippen LogP contribution in [0.15, 0.2) is 0 Å². The molecule has 0 aromatic carbocycles. The molecule has 0 aliphatic heterocycles. The zero-order valence-corrected chi connectivity index (χ0v) is 14.9. The van der Waals surface area contributed by atoms with E-state index in [1.807, 2.05) is 7.11 Å². The van der Waals surface area contributed by atoms with Crippen LogP contribution < -0.4 is 5.32 Å². The van der Waals surface area contributed by atoms with Crippen LogP contribution in [-0.4, -0.2) is 25.3 Å². The van der Waals surface area contributed by atoms with Gasteiger partial charge in [-0.1, -0.05) is 71.6 Å². The van der Waals surface area contributed by atoms with Gasteiger partial charge < -0.3 is 10.1 Å². The molecular weight excluding hydrogens is 258 g/mol. The van der Waals surface area contributed by atoms with Crippen LogP contribution in [0, 0.1) is 0 Å². The molecule has 1 atom stereocenters. The summed E-state index contributed by atoms with van der Waals surface area (Å²) in [4.78, 5) is 0. The van der Waals surface area contributed by atoms with Crippen molar-refractivity contribution in [3.63, 3.8) is 0 Å². The first kappa shape index (κ1) is 19.0. The van der Waals surface area contributed by atoms with Crippen molar-refractivity contribution in [2.75, 3.05) is 13.7 Å². The first-order valence-corrected chi connectivity index (χ1v) is 9.57. The third-order valence-corrected chi connectivity index (χ3v) is 5.23. The predicted octanol–water partition coefficient (Wildman–Crippen LogP) is 5.45. The highest BCUT2D eigenvalue weighted by Crippen LogP contribution is 2.35. The van der Waals surface area contributed by atoms with Gasteiger partial charge in [-0.25, -0.2) is 0 Å². The van der Waals surface area contributed by atoms with Crippen LogP contribution in [0.25, 0.3) is 0 Å². The third kappa shape index (κ3) is 6.69. The Morgan fingerprint density at radius 3 is 2.14 bits per heavy atom. The number of nitrogens with one attached hydrogen (secondary N) is 1. The van der Waals surface area contributed by atoms with Crippen LogP contribution in [0.3, 0.4) is 0 Å². The average Bonchev–Trinajstić information content (AvgIpc) is 2.76. The molecule has 1 aliphatic rings. The van der Waals surface area contributed by atoms with Crippen molar-refractivity contribution in [1.29, 1.82) is 0 Å². The smallest absolute Gasteiger partial charge is 0.0830 e. The molecule has 1 aliphatic carbocycles. The Morgan fingerprint density at radius 2 is 1.57 bits per heavy atom. The number of ether oxygens (including phenoxy) is 1. The molecule has 1 rings (SSSR count). The average molecular weight is 298 g/mol. The second-order valence-corrected chi connectivity index (χ2v) is 6.89. The van der Waals surface area contributed by atoms with Crippen molar-refractivity contribution in [2.45, 2.75) is 109 Å². The molecule has 2 nitrogen and oxygen atoms in total. The standard InChI is InChI=1S/C19H39NO/c1-4-6-7-8-11-14-18(20-17-5-2)19(21-3)15-12-9-10-13-16-19/h18,20H,4-17H2,1-3H3. The monoisotopic (exact) mass is 297 g/mol. The highest BCUT2D eigenvalue weighted by atomic mass is 16.5. The van der Waals surface area contributed by atoms with E-state index in [9.17, 15) is 0 Å². The molecule has 1 fully saturated rings. The summed E-state index contributed by atoms with van der Waals surface area (Å²) in [5.74, 6) is 0. The Labute approximate surface area is 133 Å². The van der Waals surface area contributed by atoms with E-state index in [0.29, 0.717) is 6.04 Å². The van der Waals surface area contributed by atoms with Crippen LogP contribution in [0.4, 0.5) is 0 Å². The second kappa shape index (κ2) is 11.5. The number of hydrogen-bond donors (Lipinski definition) is 1. The molecule has 0 spiro atoms. The number of rotatable bonds is 11. The van der Waals surface area contributed by atoms with Gasteiger partial charge in [0.25, 0.3) is 0 Å². The van der Waals surface area contributed by atoms with E-state index < -0.39 is 0 Å². The molecule has 0 aromatic rings. The quantitative estimate of drug-likeness (QED) is 0.404. The number of hydrogen-bond acceptors (Lipinski definition) is 2. The lowest BCUT2D eigenvalue weighted by Gasteiger charge is -2.40. The lowest BCUT2D eigenvalue weighted by Crippen LogP contribution is -2.52. The Morgan fingerprint density at radius 1 is 0.905 bits per heavy atom. The van der Waals surface area contributed by atoms with E-state index in [1.165, 1.54) is 83.5 Å². The predicted molar refractivity (Wildman–Crippen MR) is 92.9 cm³/mol. The van der Waals surface area contributed by atoms with Crippen molar-refractivity contribution in [3.8, 4) is 0 Å². The maximum Gasteiger partial charge on any atom is 0.0830 e. The van der Waals surface area contributed by atoms with E-state index in [1.54, 1.807) is 0 Å². The fraction of sp³-hybridized carbons (Fsp3) is 1.00. The van der Waals surface area contributed by atoms with E-state index in [4.69, 9.17) is 4.74 Å². The Hall–Kier alpha value is -0.0800. The minimum absolute atomic E-state index is 0.108. The molecule has 0 heterocycles. The Kier molecular flexibility index (Phi) is 10.4. The summed E-state index contributed by atoms with van der Waals surface area (Å²) in [5.41, 5.74) is 0.108. The van der Waals surface area contributed by atoms with Gasteiger partial charge >= 0.3 is 0 Å². The Balaban J connectivity index is 2.54. The van der Waals surface area contributed by atoms with Gasteiger partial charge in [0, 0.05) is 13.2 Å². The number of methoxy groups -OCH3 is 1. The Bertz CT molecular complexity index is 234. The van der Waals surface area contributed by atoms with Crippen LogP contribution in [-0.2, 0) is 4.74 Å². The van der Waals surface area contributed by atoms with Gasteiger partial charge in [-0.3, -0.25) is 0 Å². The summed E-state index contributed by atoms with van der Waals surface area (Å²) in [6.45, 7) is 5.68. The van der Waals surface area contributed by atoms with Crippen molar-refractivity contribution in [3.05, 3.63) is 0 Å². The zero-order valence-electron chi connectivity index (χ0n) is 14.9. The maximum absolute atomic E-state index is 6.13. The normalized spacial score (nSPS) is 20.1. The zero-order chi connectivity index (χ0) is 15.4. The molecule has 126 valence electrons. The highest BCUT2D eigenvalue weighted by Gasteiger charge is 2.38. The lowest BCUT2D eigenvalue weighted by atomic mass is 9.83. The summed E-state index contributed by atoms with van der Waals surface area (Å²) < 4.78 is 6.13. The molecule has 1 N–H and O–H groups in total. The van der Waals surface area contributed by atoms with Crippen molar-refractivity contribution < 1.29 is 4.74 Å². The molecule has 1 saturated carbocycles. The van der Waals surface area contributed by atoms with Crippen molar-refractivity contribution >= 4 is 0 Å². The minimum atomic E-state index is 0.108. The van der Waals surface area contributed by atoms with Crippen LogP contribution in [0.1, 0.15) is 97.3 Å². The largest absolute Gasteiger partial charge is 0.377 e. The van der Waals surface area contributed by atoms with E-state index in [2.05, 4.69) is 19.2 Å². The molecular formula is C19H39NO. The van der Waals surface area contributed by atoms with E-state index in [-0.39, 0.29) is 5.60 Å². The summed E-state index contributed by atoms with van der Waals surface area (Å²) in [6.07, 6.45) is 17.3. The SMILES string of the molecule is CCCCCCCC(NCCC)C1(OC)CCCCCC1. The van der Waals surface area contributed by atoms with Gasteiger partial charge in [-0.15, -0.1) is 0 Å². The molecule has 0 aromatic heterocycles. The first-order chi connectivity index (χ1) is 10.3. The van der Waals surface area contributed by atoms with Gasteiger partial charge in [0.1, 0.15) is 0 Å². The molecule has 2 heteroatoms. The molecule has 0 bridgehead atoms. The van der Waals surface area contributed by atoms with Gasteiger partial charge in [0.05, 0.1) is 5.60 Å². The fourth-order valence-electron chi connectivity index (χ4n) is 3.84. The van der Waals surface area contributed by atoms with Gasteiger partial charge in [-0.05, 0) is 32.2 Å². The van der Waals surface area contributed by atoms with Crippen molar-refractivity contribution in [1.82, 2.24) is 5.32 Å². The summed E-state index contributed by atoms with van der Waals surface area (Å²) >= 11 is 0. The fourth-order valence-corrected chi connectivity index (χ4v) is 3.84. The third-order valence-electron chi connectivity index (χ3n) is 5.23. The molecule has 0 saturated heterocycles. The van der Waals surface area contributed by atoms with Crippen LogP contribution in [0.5, 0.6) is 0 Å². The summed E-state index contributed by atoms with van der Waals surface area (Å²) in [5, 5.41) is 3.82. The van der Waals surface area contributed by atoms with Crippen LogP contribution >= 0.6 is 0 Å². The highest BCUT2D eigenvalue weighted by molar-refractivity contribution is 4.94. The molecule has 1 unspecified atom stereocenters. The van der Waals surface area contributed by atoms with Crippen molar-refractivity contribution in [2.24, 2.45) is 0 Å². The van der Waals surface area contributed by atoms with E-state index in [0.717, 1.165) is 6.54 Å².